The summed E-state index contributed by atoms with van der Waals surface area (Å²) in [5.41, 5.74) is 9.70. The molecule has 0 saturated heterocycles. The van der Waals surface area contributed by atoms with Crippen molar-refractivity contribution in [3.8, 4) is 22.5 Å². The van der Waals surface area contributed by atoms with Crippen molar-refractivity contribution in [2.45, 2.75) is 13.5 Å². The first-order valence-electron chi connectivity index (χ1n) is 9.16. The van der Waals surface area contributed by atoms with Crippen molar-refractivity contribution in [2.75, 3.05) is 5.73 Å². The summed E-state index contributed by atoms with van der Waals surface area (Å²) in [6.07, 6.45) is 0. The molecule has 150 valence electrons. The fourth-order valence-electron chi connectivity index (χ4n) is 3.54. The van der Waals surface area contributed by atoms with Crippen molar-refractivity contribution in [3.63, 3.8) is 0 Å². The Bertz CT molecular complexity index is 1350. The lowest BCUT2D eigenvalue weighted by molar-refractivity contribution is -0.116. The zero-order chi connectivity index (χ0) is 21.4. The molecule has 0 fully saturated rings. The van der Waals surface area contributed by atoms with Gasteiger partial charge in [-0.15, -0.1) is 0 Å². The molecule has 0 aromatic heterocycles. The van der Waals surface area contributed by atoms with Gasteiger partial charge < -0.3 is 20.4 Å². The molecule has 0 atom stereocenters. The molecule has 1 aliphatic heterocycles. The van der Waals surface area contributed by atoms with Crippen LogP contribution in [0.1, 0.15) is 22.8 Å². The van der Waals surface area contributed by atoms with Crippen LogP contribution in [0.4, 0.5) is 5.69 Å². The lowest BCUT2D eigenvalue weighted by Crippen LogP contribution is -2.06. The Kier molecular flexibility index (Phi) is 4.81. The Morgan fingerprint density at radius 3 is 2.50 bits per heavy atom. The molecule has 0 unspecified atom stereocenters. The van der Waals surface area contributed by atoms with Crippen molar-refractivity contribution >= 4 is 28.5 Å². The van der Waals surface area contributed by atoms with E-state index in [0.29, 0.717) is 33.5 Å². The van der Waals surface area contributed by atoms with Crippen LogP contribution >= 0.6 is 0 Å². The second kappa shape index (κ2) is 7.46. The van der Waals surface area contributed by atoms with Crippen LogP contribution in [0.2, 0.25) is 0 Å². The Morgan fingerprint density at radius 2 is 1.80 bits per heavy atom. The van der Waals surface area contributed by atoms with Crippen LogP contribution in [0.3, 0.4) is 0 Å². The van der Waals surface area contributed by atoms with Crippen LogP contribution in [-0.2, 0) is 11.4 Å². The van der Waals surface area contributed by atoms with Crippen LogP contribution in [0.5, 0.6) is 0 Å². The second-order valence-corrected chi connectivity index (χ2v) is 6.88. The van der Waals surface area contributed by atoms with E-state index in [1.54, 1.807) is 36.4 Å². The van der Waals surface area contributed by atoms with Gasteiger partial charge in [0.1, 0.15) is 11.3 Å². The Labute approximate surface area is 171 Å². The number of fused-ring (bicyclic) bond motifs is 2. The van der Waals surface area contributed by atoms with E-state index in [0.717, 1.165) is 16.5 Å². The van der Waals surface area contributed by atoms with Crippen molar-refractivity contribution in [3.05, 3.63) is 71.1 Å². The summed E-state index contributed by atoms with van der Waals surface area (Å²) in [6.45, 7) is 1.03. The number of nitrogen functional groups attached to an aromatic ring is 1. The van der Waals surface area contributed by atoms with Crippen LogP contribution in [0, 0.1) is 0 Å². The van der Waals surface area contributed by atoms with E-state index in [1.807, 2.05) is 6.07 Å². The molecule has 0 spiro atoms. The number of nitrogens with zero attached hydrogens (tertiary/aromatic N) is 1. The molecular weight excluding hydrogens is 384 g/mol. The minimum Gasteiger partial charge on any atom is -0.478 e. The molecule has 0 bridgehead atoms. The van der Waals surface area contributed by atoms with E-state index in [9.17, 15) is 19.8 Å². The number of hydrogen-bond donors (Lipinski definition) is 3. The fourth-order valence-corrected chi connectivity index (χ4v) is 3.54. The monoisotopic (exact) mass is 402 g/mol. The Balaban J connectivity index is 2.12. The fraction of sp³-hybridized carbons (Fsp3) is 0.0870. The van der Waals surface area contributed by atoms with Gasteiger partial charge in [-0.3, -0.25) is 4.79 Å². The number of hydrogen-bond acceptors (Lipinski definition) is 5. The van der Waals surface area contributed by atoms with Gasteiger partial charge in [-0.2, -0.15) is 0 Å². The largest absolute Gasteiger partial charge is 0.478 e. The lowest BCUT2D eigenvalue weighted by Gasteiger charge is -2.18. The van der Waals surface area contributed by atoms with Gasteiger partial charge >= 0.3 is 5.97 Å². The molecule has 7 heteroatoms. The van der Waals surface area contributed by atoms with E-state index >= 15 is 0 Å². The van der Waals surface area contributed by atoms with Gasteiger partial charge in [0.2, 0.25) is 5.91 Å². The number of carboxylic acid groups (broad SMARTS) is 1. The topological polar surface area (TPSA) is 126 Å². The quantitative estimate of drug-likeness (QED) is 0.356. The van der Waals surface area contributed by atoms with E-state index in [2.05, 4.69) is 4.99 Å². The number of anilines is 1. The number of aromatic carboxylic acids is 1. The van der Waals surface area contributed by atoms with Crippen molar-refractivity contribution in [1.29, 1.82) is 0 Å². The van der Waals surface area contributed by atoms with Crippen LogP contribution in [-0.4, -0.2) is 22.1 Å². The van der Waals surface area contributed by atoms with E-state index in [-0.39, 0.29) is 18.1 Å². The number of carboxylic acids is 1. The first kappa shape index (κ1) is 19.4. The third-order valence-corrected chi connectivity index (χ3v) is 4.81. The maximum atomic E-state index is 11.4. The van der Waals surface area contributed by atoms with Crippen molar-refractivity contribution in [1.82, 2.24) is 0 Å². The summed E-state index contributed by atoms with van der Waals surface area (Å²) in [7, 11) is 0. The normalized spacial score (nSPS) is 11.9. The lowest BCUT2D eigenvalue weighted by atomic mass is 9.90. The number of carbonyl (C=O) groups is 2. The van der Waals surface area contributed by atoms with Crippen LogP contribution in [0.15, 0.2) is 64.0 Å². The zero-order valence-corrected chi connectivity index (χ0v) is 16.0. The molecule has 0 saturated carbocycles. The van der Waals surface area contributed by atoms with E-state index < -0.39 is 5.97 Å². The van der Waals surface area contributed by atoms with E-state index in [4.69, 9.17) is 10.2 Å². The number of carbonyl (C=O) groups excluding carboxylic acids is 1. The summed E-state index contributed by atoms with van der Waals surface area (Å²) in [5, 5.41) is 20.4. The maximum absolute atomic E-state index is 11.4. The van der Waals surface area contributed by atoms with Gasteiger partial charge in [0.05, 0.1) is 17.5 Å². The van der Waals surface area contributed by atoms with Gasteiger partial charge in [0.15, 0.2) is 0 Å². The molecule has 2 aromatic rings. The van der Waals surface area contributed by atoms with Gasteiger partial charge in [0.25, 0.3) is 0 Å². The Hall–Kier alpha value is -3.97. The molecule has 30 heavy (non-hydrogen) atoms. The highest BCUT2D eigenvalue weighted by atomic mass is 16.4. The molecule has 0 radical (unpaired) electrons. The molecule has 2 aliphatic rings. The van der Waals surface area contributed by atoms with Gasteiger partial charge in [0, 0.05) is 41.3 Å². The third-order valence-electron chi connectivity index (χ3n) is 4.81. The van der Waals surface area contributed by atoms with Gasteiger partial charge in [-0.05, 0) is 47.5 Å². The minimum atomic E-state index is -1.07. The number of nitrogens with two attached hydrogens (primary N) is 1. The number of aliphatic hydroxyl groups excluding tert-OH is 1. The predicted octanol–water partition coefficient (Wildman–Crippen LogP) is 3.42. The van der Waals surface area contributed by atoms with Crippen LogP contribution in [0.25, 0.3) is 33.4 Å². The average molecular weight is 402 g/mol. The molecule has 4 rings (SSSR count). The second-order valence-electron chi connectivity index (χ2n) is 6.88. The van der Waals surface area contributed by atoms with E-state index in [1.165, 1.54) is 19.1 Å². The molecule has 1 amide bonds. The highest BCUT2D eigenvalue weighted by molar-refractivity contribution is 6.03. The standard InChI is InChI=1S/C23H18N2O5/c1-12(27)25-16-4-7-19-21(10-16)30-20-9-15(24)3-6-18(20)22(19)17-5-2-13(23(28)29)8-14(17)11-26/h2-10,26H,11,24H2,1H3,(H,28,29). The average Bonchev–Trinajstić information content (AvgIpc) is 2.70. The van der Waals surface area contributed by atoms with Gasteiger partial charge in [-0.1, -0.05) is 6.07 Å². The number of benzene rings is 3. The summed E-state index contributed by atoms with van der Waals surface area (Å²) >= 11 is 0. The number of rotatable bonds is 3. The molecule has 2 aromatic carbocycles. The zero-order valence-electron chi connectivity index (χ0n) is 16.0. The molecule has 1 heterocycles. The first-order chi connectivity index (χ1) is 14.4. The first-order valence-corrected chi connectivity index (χ1v) is 9.16. The minimum absolute atomic E-state index is 0.0869. The molecule has 4 N–H and O–H groups in total. The number of aliphatic hydroxyl groups is 1. The smallest absolute Gasteiger partial charge is 0.335 e. The SMILES string of the molecule is CC(=O)N=c1ccc2c(-c3ccc(C(=O)O)cc3CO)c3ccc(N)cc3oc-2c1. The predicted molar refractivity (Wildman–Crippen MR) is 112 cm³/mol. The molecule has 7 nitrogen and oxygen atoms in total. The molecular formula is C23H18N2O5. The molecule has 1 aliphatic carbocycles. The highest BCUT2D eigenvalue weighted by Gasteiger charge is 2.20. The van der Waals surface area contributed by atoms with Gasteiger partial charge in [-0.25, -0.2) is 9.79 Å². The highest BCUT2D eigenvalue weighted by Crippen LogP contribution is 2.41. The van der Waals surface area contributed by atoms with Crippen molar-refractivity contribution < 1.29 is 24.2 Å². The number of amides is 1. The van der Waals surface area contributed by atoms with Crippen LogP contribution < -0.4 is 11.1 Å². The summed E-state index contributed by atoms with van der Waals surface area (Å²) < 4.78 is 6.04. The maximum Gasteiger partial charge on any atom is 0.335 e. The third kappa shape index (κ3) is 3.42. The summed E-state index contributed by atoms with van der Waals surface area (Å²) in [4.78, 5) is 26.7. The summed E-state index contributed by atoms with van der Waals surface area (Å²) in [5.74, 6) is -0.916. The Morgan fingerprint density at radius 1 is 1.03 bits per heavy atom. The summed E-state index contributed by atoms with van der Waals surface area (Å²) in [6, 6.07) is 15.0. The van der Waals surface area contributed by atoms with Crippen molar-refractivity contribution in [2.24, 2.45) is 4.99 Å².